The number of aliphatic hydroxyl groups is 1. The molecule has 2 aliphatic carbocycles. The van der Waals surface area contributed by atoms with Gasteiger partial charge in [-0.3, -0.25) is 0 Å². The summed E-state index contributed by atoms with van der Waals surface area (Å²) >= 11 is 1.82. The van der Waals surface area contributed by atoms with Gasteiger partial charge in [-0.1, -0.05) is 0 Å². The molecule has 6 heteroatoms. The fraction of sp³-hybridized carbons (Fsp3) is 0.765. The number of aryl methyl sites for hydroxylation is 2. The van der Waals surface area contributed by atoms with Gasteiger partial charge in [-0.15, -0.1) is 11.3 Å². The minimum absolute atomic E-state index is 0.0706. The number of urea groups is 1. The lowest BCUT2D eigenvalue weighted by atomic mass is 9.87. The quantitative estimate of drug-likeness (QED) is 0.772. The highest BCUT2D eigenvalue weighted by atomic mass is 32.1. The molecule has 0 aromatic carbocycles. The van der Waals surface area contributed by atoms with E-state index >= 15 is 0 Å². The van der Waals surface area contributed by atoms with Gasteiger partial charge in [-0.2, -0.15) is 0 Å². The molecule has 0 bridgehead atoms. The lowest BCUT2D eigenvalue weighted by Crippen LogP contribution is -2.44. The number of aromatic nitrogens is 1. The molecule has 23 heavy (non-hydrogen) atoms. The van der Waals surface area contributed by atoms with Crippen LogP contribution in [0.4, 0.5) is 4.79 Å². The fourth-order valence-electron chi connectivity index (χ4n) is 3.52. The normalized spacial score (nSPS) is 24.0. The molecule has 2 amide bonds. The zero-order chi connectivity index (χ0) is 16.1. The summed E-state index contributed by atoms with van der Waals surface area (Å²) in [5, 5.41) is 16.3. The number of rotatable bonds is 5. The zero-order valence-electron chi connectivity index (χ0n) is 13.6. The highest BCUT2D eigenvalue weighted by Crippen LogP contribution is 2.26. The summed E-state index contributed by atoms with van der Waals surface area (Å²) in [5.74, 6) is 0.423. The summed E-state index contributed by atoms with van der Waals surface area (Å²) < 4.78 is 0. The van der Waals surface area contributed by atoms with E-state index in [4.69, 9.17) is 10.1 Å². The lowest BCUT2D eigenvalue weighted by Gasteiger charge is -2.27. The van der Waals surface area contributed by atoms with Crippen LogP contribution in [0, 0.1) is 5.92 Å². The minimum Gasteiger partial charge on any atom is -0.396 e. The second-order valence-electron chi connectivity index (χ2n) is 6.74. The Balaban J connectivity index is 1.35. The molecule has 0 spiro atoms. The molecule has 0 aliphatic heterocycles. The Morgan fingerprint density at radius 3 is 2.74 bits per heavy atom. The number of carbonyl (C=O) groups is 1. The van der Waals surface area contributed by atoms with Gasteiger partial charge in [0.25, 0.3) is 0 Å². The maximum absolute atomic E-state index is 12.0. The van der Waals surface area contributed by atoms with E-state index in [1.807, 2.05) is 11.3 Å². The van der Waals surface area contributed by atoms with Crippen LogP contribution in [-0.4, -0.2) is 35.3 Å². The van der Waals surface area contributed by atoms with Crippen molar-refractivity contribution in [2.24, 2.45) is 5.92 Å². The Kier molecular flexibility index (Phi) is 5.89. The molecule has 5 nitrogen and oxygen atoms in total. The van der Waals surface area contributed by atoms with E-state index in [1.54, 1.807) is 0 Å². The molecular weight excluding hydrogens is 310 g/mol. The number of amides is 2. The summed E-state index contributed by atoms with van der Waals surface area (Å²) in [7, 11) is 0. The SMILES string of the molecule is O=C(NCCc1nc2c(s1)CCCC2)NC1CCC(CO)CC1. The molecule has 1 saturated carbocycles. The molecule has 1 fully saturated rings. The van der Waals surface area contributed by atoms with Crippen molar-refractivity contribution in [1.82, 2.24) is 15.6 Å². The van der Waals surface area contributed by atoms with Crippen LogP contribution in [-0.2, 0) is 19.3 Å². The maximum Gasteiger partial charge on any atom is 0.315 e. The van der Waals surface area contributed by atoms with Crippen LogP contribution >= 0.6 is 11.3 Å². The van der Waals surface area contributed by atoms with Gasteiger partial charge < -0.3 is 15.7 Å². The van der Waals surface area contributed by atoms with Gasteiger partial charge >= 0.3 is 6.03 Å². The molecular formula is C17H27N3O2S. The Labute approximate surface area is 141 Å². The number of hydrogen-bond acceptors (Lipinski definition) is 4. The Morgan fingerprint density at radius 2 is 2.00 bits per heavy atom. The van der Waals surface area contributed by atoms with Crippen LogP contribution in [0.15, 0.2) is 0 Å². The highest BCUT2D eigenvalue weighted by molar-refractivity contribution is 7.11. The van der Waals surface area contributed by atoms with Crippen molar-refractivity contribution in [1.29, 1.82) is 0 Å². The topological polar surface area (TPSA) is 74.2 Å². The van der Waals surface area contributed by atoms with Crippen molar-refractivity contribution < 1.29 is 9.90 Å². The smallest absolute Gasteiger partial charge is 0.315 e. The first-order valence-electron chi connectivity index (χ1n) is 8.87. The molecule has 0 unspecified atom stereocenters. The highest BCUT2D eigenvalue weighted by Gasteiger charge is 2.21. The van der Waals surface area contributed by atoms with Crippen LogP contribution in [0.25, 0.3) is 0 Å². The summed E-state index contributed by atoms with van der Waals surface area (Å²) in [6, 6.07) is 0.184. The molecule has 1 aromatic rings. The van der Waals surface area contributed by atoms with E-state index in [1.165, 1.54) is 29.8 Å². The molecule has 0 atom stereocenters. The second kappa shape index (κ2) is 8.11. The number of hydrogen-bond donors (Lipinski definition) is 3. The third-order valence-electron chi connectivity index (χ3n) is 4.95. The average molecular weight is 337 g/mol. The van der Waals surface area contributed by atoms with Crippen molar-refractivity contribution in [2.45, 2.75) is 63.8 Å². The van der Waals surface area contributed by atoms with Crippen LogP contribution in [0.5, 0.6) is 0 Å². The monoisotopic (exact) mass is 337 g/mol. The van der Waals surface area contributed by atoms with Crippen molar-refractivity contribution in [2.75, 3.05) is 13.2 Å². The molecule has 1 heterocycles. The largest absolute Gasteiger partial charge is 0.396 e. The average Bonchev–Trinajstić information content (AvgIpc) is 2.98. The Bertz CT molecular complexity index is 500. The van der Waals surface area contributed by atoms with E-state index in [0.29, 0.717) is 12.5 Å². The van der Waals surface area contributed by atoms with Gasteiger partial charge in [-0.25, -0.2) is 9.78 Å². The van der Waals surface area contributed by atoms with Crippen LogP contribution < -0.4 is 10.6 Å². The first kappa shape index (κ1) is 16.7. The number of thiazole rings is 1. The lowest BCUT2D eigenvalue weighted by molar-refractivity contribution is 0.174. The molecule has 0 radical (unpaired) electrons. The number of aliphatic hydroxyl groups excluding tert-OH is 1. The van der Waals surface area contributed by atoms with E-state index in [0.717, 1.165) is 43.5 Å². The predicted molar refractivity (Wildman–Crippen MR) is 91.8 cm³/mol. The van der Waals surface area contributed by atoms with Gasteiger partial charge in [0.05, 0.1) is 10.7 Å². The molecule has 3 rings (SSSR count). The van der Waals surface area contributed by atoms with Crippen molar-refractivity contribution >= 4 is 17.4 Å². The summed E-state index contributed by atoms with van der Waals surface area (Å²) in [6.07, 6.45) is 9.62. The predicted octanol–water partition coefficient (Wildman–Crippen LogP) is 2.41. The number of carbonyl (C=O) groups excluding carboxylic acids is 1. The van der Waals surface area contributed by atoms with Crippen molar-refractivity contribution in [3.05, 3.63) is 15.6 Å². The van der Waals surface area contributed by atoms with Gasteiger partial charge in [-0.05, 0) is 57.3 Å². The molecule has 3 N–H and O–H groups in total. The zero-order valence-corrected chi connectivity index (χ0v) is 14.5. The first-order valence-corrected chi connectivity index (χ1v) is 9.69. The minimum atomic E-state index is -0.0706. The van der Waals surface area contributed by atoms with Gasteiger partial charge in [0.2, 0.25) is 0 Å². The number of nitrogens with one attached hydrogen (secondary N) is 2. The summed E-state index contributed by atoms with van der Waals surface area (Å²) in [5.41, 5.74) is 1.29. The van der Waals surface area contributed by atoms with Gasteiger partial charge in [0.15, 0.2) is 0 Å². The standard InChI is InChI=1S/C17H27N3O2S/c21-11-12-5-7-13(8-6-12)19-17(22)18-10-9-16-20-14-3-1-2-4-15(14)23-16/h12-13,21H,1-11H2,(H2,18,19,22). The number of nitrogens with zero attached hydrogens (tertiary/aromatic N) is 1. The van der Waals surface area contributed by atoms with Crippen molar-refractivity contribution in [3.63, 3.8) is 0 Å². The molecule has 128 valence electrons. The fourth-order valence-corrected chi connectivity index (χ4v) is 4.68. The third kappa shape index (κ3) is 4.67. The van der Waals surface area contributed by atoms with E-state index < -0.39 is 0 Å². The van der Waals surface area contributed by atoms with Gasteiger partial charge in [0, 0.05) is 30.5 Å². The summed E-state index contributed by atoms with van der Waals surface area (Å²) in [4.78, 5) is 18.1. The maximum atomic E-state index is 12.0. The van der Waals surface area contributed by atoms with Crippen molar-refractivity contribution in [3.8, 4) is 0 Å². The van der Waals surface area contributed by atoms with Crippen LogP contribution in [0.1, 0.15) is 54.1 Å². The van der Waals surface area contributed by atoms with Gasteiger partial charge in [0.1, 0.15) is 0 Å². The van der Waals surface area contributed by atoms with E-state index in [9.17, 15) is 4.79 Å². The second-order valence-corrected chi connectivity index (χ2v) is 7.90. The number of fused-ring (bicyclic) bond motifs is 1. The Hall–Kier alpha value is -1.14. The van der Waals surface area contributed by atoms with E-state index in [-0.39, 0.29) is 18.7 Å². The summed E-state index contributed by atoms with van der Waals surface area (Å²) in [6.45, 7) is 0.918. The molecule has 2 aliphatic rings. The van der Waals surface area contributed by atoms with Crippen LogP contribution in [0.3, 0.4) is 0 Å². The Morgan fingerprint density at radius 1 is 1.22 bits per heavy atom. The first-order chi connectivity index (χ1) is 11.2. The van der Waals surface area contributed by atoms with E-state index in [2.05, 4.69) is 10.6 Å². The van der Waals surface area contributed by atoms with Crippen LogP contribution in [0.2, 0.25) is 0 Å². The molecule has 1 aromatic heterocycles. The third-order valence-corrected chi connectivity index (χ3v) is 6.17. The molecule has 0 saturated heterocycles.